The molecular weight excluding hydrogens is 136 g/mol. The van der Waals surface area contributed by atoms with E-state index in [9.17, 15) is 0 Å². The maximum absolute atomic E-state index is 4.28. The average Bonchev–Trinajstić information content (AvgIpc) is 2.10. The maximum atomic E-state index is 4.28. The molecule has 2 heteroatoms. The summed E-state index contributed by atoms with van der Waals surface area (Å²) in [7, 11) is 0. The van der Waals surface area contributed by atoms with Gasteiger partial charge in [-0.1, -0.05) is 20.8 Å². The number of nitrogens with zero attached hydrogens (tertiary/aromatic N) is 1. The number of hydrogen-bond donors (Lipinski definition) is 1. The SMILES string of the molecule is CC(C)(C)C1=NC=CNC=C1. The van der Waals surface area contributed by atoms with E-state index in [1.165, 1.54) is 0 Å². The van der Waals surface area contributed by atoms with Crippen molar-refractivity contribution >= 4 is 5.71 Å². The fraction of sp³-hybridized carbons (Fsp3) is 0.444. The Balaban J connectivity index is 2.86. The number of aliphatic imine (C=N–C) groups is 1. The summed E-state index contributed by atoms with van der Waals surface area (Å²) in [5.41, 5.74) is 1.23. The highest BCUT2D eigenvalue weighted by molar-refractivity contribution is 5.99. The molecule has 2 nitrogen and oxygen atoms in total. The van der Waals surface area contributed by atoms with Crippen LogP contribution in [0.5, 0.6) is 0 Å². The highest BCUT2D eigenvalue weighted by atomic mass is 14.9. The molecule has 0 saturated carbocycles. The van der Waals surface area contributed by atoms with Gasteiger partial charge in [-0.05, 0) is 6.08 Å². The molecule has 1 rings (SSSR count). The van der Waals surface area contributed by atoms with Gasteiger partial charge in [0.2, 0.25) is 0 Å². The third kappa shape index (κ3) is 2.22. The zero-order valence-corrected chi connectivity index (χ0v) is 7.26. The van der Waals surface area contributed by atoms with Crippen LogP contribution in [-0.4, -0.2) is 5.71 Å². The van der Waals surface area contributed by atoms with E-state index in [1.54, 1.807) is 6.20 Å². The van der Waals surface area contributed by atoms with Crippen LogP contribution in [-0.2, 0) is 0 Å². The molecule has 60 valence electrons. The van der Waals surface area contributed by atoms with Gasteiger partial charge in [-0.25, -0.2) is 0 Å². The minimum absolute atomic E-state index is 0.132. The molecule has 0 fully saturated rings. The second-order valence-corrected chi connectivity index (χ2v) is 3.58. The fourth-order valence-electron chi connectivity index (χ4n) is 0.830. The predicted molar refractivity (Wildman–Crippen MR) is 48.3 cm³/mol. The van der Waals surface area contributed by atoms with Gasteiger partial charge >= 0.3 is 0 Å². The summed E-state index contributed by atoms with van der Waals surface area (Å²) in [4.78, 5) is 4.28. The van der Waals surface area contributed by atoms with Gasteiger partial charge in [-0.2, -0.15) is 0 Å². The van der Waals surface area contributed by atoms with E-state index in [4.69, 9.17) is 0 Å². The standard InChI is InChI=1S/C9H14N2/c1-9(2,3)8-4-5-10-6-7-11-8/h4-7,10H,1-3H3. The van der Waals surface area contributed by atoms with Crippen molar-refractivity contribution < 1.29 is 0 Å². The van der Waals surface area contributed by atoms with Crippen LogP contribution in [0.4, 0.5) is 0 Å². The number of nitrogens with one attached hydrogen (secondary N) is 1. The summed E-state index contributed by atoms with van der Waals surface area (Å²) < 4.78 is 0. The van der Waals surface area contributed by atoms with Gasteiger partial charge < -0.3 is 5.32 Å². The Labute approximate surface area is 67.7 Å². The lowest BCUT2D eigenvalue weighted by Crippen LogP contribution is -2.17. The highest BCUT2D eigenvalue weighted by Crippen LogP contribution is 2.17. The molecule has 0 radical (unpaired) electrons. The Hall–Kier alpha value is -1.05. The average molecular weight is 150 g/mol. The number of rotatable bonds is 0. The molecule has 0 aromatic carbocycles. The van der Waals surface area contributed by atoms with E-state index in [2.05, 4.69) is 31.1 Å². The highest BCUT2D eigenvalue weighted by Gasteiger charge is 2.15. The summed E-state index contributed by atoms with van der Waals surface area (Å²) in [5, 5.41) is 2.97. The number of allylic oxidation sites excluding steroid dienone is 1. The van der Waals surface area contributed by atoms with Crippen molar-refractivity contribution in [1.82, 2.24) is 5.32 Å². The molecule has 0 bridgehead atoms. The van der Waals surface area contributed by atoms with Crippen LogP contribution < -0.4 is 5.32 Å². The van der Waals surface area contributed by atoms with Crippen molar-refractivity contribution in [2.45, 2.75) is 20.8 Å². The maximum Gasteiger partial charge on any atom is 0.0472 e. The summed E-state index contributed by atoms with van der Waals surface area (Å²) in [5.74, 6) is 0. The van der Waals surface area contributed by atoms with Crippen LogP contribution in [0.1, 0.15) is 20.8 Å². The molecule has 0 unspecified atom stereocenters. The van der Waals surface area contributed by atoms with E-state index >= 15 is 0 Å². The Bertz CT molecular complexity index is 216. The molecule has 0 aliphatic carbocycles. The summed E-state index contributed by atoms with van der Waals surface area (Å²) in [6.45, 7) is 6.44. The lowest BCUT2D eigenvalue weighted by molar-refractivity contribution is 0.594. The summed E-state index contributed by atoms with van der Waals surface area (Å²) in [6.07, 6.45) is 7.49. The van der Waals surface area contributed by atoms with Crippen molar-refractivity contribution in [3.8, 4) is 0 Å². The Kier molecular flexibility index (Phi) is 2.13. The molecule has 0 aromatic heterocycles. The van der Waals surface area contributed by atoms with Crippen LogP contribution in [0.25, 0.3) is 0 Å². The van der Waals surface area contributed by atoms with Crippen molar-refractivity contribution in [3.63, 3.8) is 0 Å². The van der Waals surface area contributed by atoms with Crippen molar-refractivity contribution in [1.29, 1.82) is 0 Å². The lowest BCUT2D eigenvalue weighted by atomic mass is 9.90. The van der Waals surface area contributed by atoms with Gasteiger partial charge in [0, 0.05) is 29.7 Å². The molecule has 0 spiro atoms. The van der Waals surface area contributed by atoms with Crippen molar-refractivity contribution in [2.24, 2.45) is 10.4 Å². The molecular formula is C9H14N2. The van der Waals surface area contributed by atoms with Crippen LogP contribution >= 0.6 is 0 Å². The van der Waals surface area contributed by atoms with Crippen LogP contribution in [0.3, 0.4) is 0 Å². The summed E-state index contributed by atoms with van der Waals surface area (Å²) in [6, 6.07) is 0. The van der Waals surface area contributed by atoms with E-state index in [0.29, 0.717) is 0 Å². The fourth-order valence-corrected chi connectivity index (χ4v) is 0.830. The van der Waals surface area contributed by atoms with Crippen LogP contribution in [0, 0.1) is 5.41 Å². The normalized spacial score (nSPS) is 17.2. The van der Waals surface area contributed by atoms with Gasteiger partial charge in [0.05, 0.1) is 0 Å². The molecule has 1 N–H and O–H groups in total. The van der Waals surface area contributed by atoms with Gasteiger partial charge in [-0.15, -0.1) is 0 Å². The molecule has 0 atom stereocenters. The Morgan fingerprint density at radius 2 is 2.00 bits per heavy atom. The lowest BCUT2D eigenvalue weighted by Gasteiger charge is -2.17. The molecule has 0 amide bonds. The first-order valence-corrected chi connectivity index (χ1v) is 3.76. The molecule has 1 aliphatic rings. The minimum Gasteiger partial charge on any atom is -0.366 e. The van der Waals surface area contributed by atoms with Crippen molar-refractivity contribution in [3.05, 3.63) is 24.7 Å². The van der Waals surface area contributed by atoms with Gasteiger partial charge in [0.25, 0.3) is 0 Å². The second kappa shape index (κ2) is 2.91. The quantitative estimate of drug-likeness (QED) is 0.561. The molecule has 11 heavy (non-hydrogen) atoms. The van der Waals surface area contributed by atoms with Gasteiger partial charge in [-0.3, -0.25) is 4.99 Å². The molecule has 0 aromatic rings. The Morgan fingerprint density at radius 3 is 2.64 bits per heavy atom. The first kappa shape index (κ1) is 8.05. The zero-order valence-electron chi connectivity index (χ0n) is 7.26. The number of hydrogen-bond acceptors (Lipinski definition) is 2. The smallest absolute Gasteiger partial charge is 0.0472 e. The molecule has 1 aliphatic heterocycles. The van der Waals surface area contributed by atoms with E-state index in [0.717, 1.165) is 5.71 Å². The first-order chi connectivity index (χ1) is 5.11. The third-order valence-corrected chi connectivity index (χ3v) is 1.49. The van der Waals surface area contributed by atoms with Gasteiger partial charge in [0.1, 0.15) is 0 Å². The molecule has 1 heterocycles. The second-order valence-electron chi connectivity index (χ2n) is 3.58. The topological polar surface area (TPSA) is 24.4 Å². The van der Waals surface area contributed by atoms with Crippen LogP contribution in [0.15, 0.2) is 29.7 Å². The van der Waals surface area contributed by atoms with E-state index in [-0.39, 0.29) is 5.41 Å². The zero-order chi connectivity index (χ0) is 8.32. The van der Waals surface area contributed by atoms with E-state index in [1.807, 2.05) is 18.5 Å². The Morgan fingerprint density at radius 1 is 1.27 bits per heavy atom. The van der Waals surface area contributed by atoms with Crippen LogP contribution in [0.2, 0.25) is 0 Å². The molecule has 0 saturated heterocycles. The summed E-state index contributed by atoms with van der Waals surface area (Å²) >= 11 is 0. The van der Waals surface area contributed by atoms with E-state index < -0.39 is 0 Å². The van der Waals surface area contributed by atoms with Gasteiger partial charge in [0.15, 0.2) is 0 Å². The first-order valence-electron chi connectivity index (χ1n) is 3.76. The van der Waals surface area contributed by atoms with Crippen molar-refractivity contribution in [2.75, 3.05) is 0 Å². The largest absolute Gasteiger partial charge is 0.366 e. The predicted octanol–water partition coefficient (Wildman–Crippen LogP) is 2.06. The monoisotopic (exact) mass is 150 g/mol. The minimum atomic E-state index is 0.132. The third-order valence-electron chi connectivity index (χ3n) is 1.49.